The zero-order valence-corrected chi connectivity index (χ0v) is 25.5. The SMILES string of the molecule is c1ccc(-c2nc(-c3ccccc3)nc(-c3ccc(-c4cccc5c6sc7ccccc7c6n(-c6ccccc6)c45)cc3)n2)cc1. The van der Waals surface area contributed by atoms with E-state index in [1.807, 2.05) is 72.0 Å². The molecular formula is C41H26N4S. The summed E-state index contributed by atoms with van der Waals surface area (Å²) in [7, 11) is 0. The van der Waals surface area contributed by atoms with Gasteiger partial charge in [-0.1, -0.05) is 140 Å². The Labute approximate surface area is 269 Å². The normalized spacial score (nSPS) is 11.5. The lowest BCUT2D eigenvalue weighted by atomic mass is 10.0. The number of fused-ring (bicyclic) bond motifs is 5. The Bertz CT molecular complexity index is 2440. The summed E-state index contributed by atoms with van der Waals surface area (Å²) < 4.78 is 5.05. The molecule has 0 N–H and O–H groups in total. The van der Waals surface area contributed by atoms with E-state index in [9.17, 15) is 0 Å². The molecule has 3 aromatic heterocycles. The molecule has 0 bridgehead atoms. The van der Waals surface area contributed by atoms with E-state index in [1.54, 1.807) is 0 Å². The lowest BCUT2D eigenvalue weighted by Gasteiger charge is -2.13. The highest BCUT2D eigenvalue weighted by molar-refractivity contribution is 7.26. The number of hydrogen-bond acceptors (Lipinski definition) is 4. The second kappa shape index (κ2) is 10.9. The zero-order valence-electron chi connectivity index (χ0n) is 24.7. The fourth-order valence-corrected chi connectivity index (χ4v) is 7.53. The van der Waals surface area contributed by atoms with Gasteiger partial charge in [0.15, 0.2) is 17.5 Å². The predicted octanol–water partition coefficient (Wildman–Crippen LogP) is 10.9. The predicted molar refractivity (Wildman–Crippen MR) is 191 cm³/mol. The molecule has 6 aromatic carbocycles. The molecule has 0 aliphatic heterocycles. The third kappa shape index (κ3) is 4.40. The van der Waals surface area contributed by atoms with Crippen molar-refractivity contribution in [2.45, 2.75) is 0 Å². The van der Waals surface area contributed by atoms with Gasteiger partial charge in [0.2, 0.25) is 0 Å². The molecule has 0 atom stereocenters. The molecule has 216 valence electrons. The average Bonchev–Trinajstić information content (AvgIpc) is 3.68. The molecule has 9 rings (SSSR count). The van der Waals surface area contributed by atoms with E-state index < -0.39 is 0 Å². The van der Waals surface area contributed by atoms with E-state index in [4.69, 9.17) is 15.0 Å². The van der Waals surface area contributed by atoms with E-state index in [0.717, 1.165) is 27.9 Å². The maximum absolute atomic E-state index is 4.93. The Kier molecular flexibility index (Phi) is 6.28. The summed E-state index contributed by atoms with van der Waals surface area (Å²) in [5.74, 6) is 1.97. The van der Waals surface area contributed by atoms with Crippen LogP contribution >= 0.6 is 11.3 Å². The van der Waals surface area contributed by atoms with Crippen LogP contribution in [0, 0.1) is 0 Å². The monoisotopic (exact) mass is 606 g/mol. The Hall–Kier alpha value is -5.91. The van der Waals surface area contributed by atoms with Gasteiger partial charge in [0.1, 0.15) is 0 Å². The van der Waals surface area contributed by atoms with Crippen molar-refractivity contribution in [2.24, 2.45) is 0 Å². The number of nitrogens with zero attached hydrogens (tertiary/aromatic N) is 4. The van der Waals surface area contributed by atoms with Crippen molar-refractivity contribution in [3.8, 4) is 51.0 Å². The standard InChI is InChI=1S/C41H26N4S/c1-4-13-28(14-5-1)39-42-40(29-15-6-2-7-16-29)44-41(43-39)30-25-23-27(24-26-30)32-20-12-21-34-36(32)45(31-17-8-3-9-18-31)37-33-19-10-11-22-35(33)46-38(34)37/h1-26H. The Morgan fingerprint density at radius 2 is 0.891 bits per heavy atom. The molecular weight excluding hydrogens is 581 g/mol. The first-order valence-electron chi connectivity index (χ1n) is 15.3. The topological polar surface area (TPSA) is 43.6 Å². The van der Waals surface area contributed by atoms with Gasteiger partial charge in [-0.05, 0) is 23.8 Å². The minimum absolute atomic E-state index is 0.650. The third-order valence-corrected chi connectivity index (χ3v) is 9.66. The molecule has 0 spiro atoms. The summed E-state index contributed by atoms with van der Waals surface area (Å²) >= 11 is 1.87. The Morgan fingerprint density at radius 1 is 0.391 bits per heavy atom. The van der Waals surface area contributed by atoms with Crippen LogP contribution < -0.4 is 0 Å². The highest BCUT2D eigenvalue weighted by Gasteiger charge is 2.20. The molecule has 9 aromatic rings. The van der Waals surface area contributed by atoms with Crippen molar-refractivity contribution < 1.29 is 0 Å². The minimum atomic E-state index is 0.650. The van der Waals surface area contributed by atoms with Crippen LogP contribution in [0.1, 0.15) is 0 Å². The first-order chi connectivity index (χ1) is 22.8. The highest BCUT2D eigenvalue weighted by Crippen LogP contribution is 2.45. The summed E-state index contributed by atoms with van der Waals surface area (Å²) in [6.07, 6.45) is 0. The first kappa shape index (κ1) is 26.5. The van der Waals surface area contributed by atoms with Crippen LogP contribution in [0.3, 0.4) is 0 Å². The van der Waals surface area contributed by atoms with Gasteiger partial charge in [-0.3, -0.25) is 0 Å². The van der Waals surface area contributed by atoms with E-state index >= 15 is 0 Å². The van der Waals surface area contributed by atoms with Crippen LogP contribution in [0.5, 0.6) is 0 Å². The van der Waals surface area contributed by atoms with E-state index in [1.165, 1.54) is 36.8 Å². The average molecular weight is 607 g/mol. The maximum atomic E-state index is 4.93. The van der Waals surface area contributed by atoms with Gasteiger partial charge in [-0.15, -0.1) is 11.3 Å². The van der Waals surface area contributed by atoms with Crippen LogP contribution in [-0.4, -0.2) is 19.5 Å². The summed E-state index contributed by atoms with van der Waals surface area (Å²) in [5, 5.41) is 2.54. The quantitative estimate of drug-likeness (QED) is 0.196. The largest absolute Gasteiger partial charge is 0.307 e. The molecule has 3 heterocycles. The summed E-state index contributed by atoms with van der Waals surface area (Å²) in [4.78, 5) is 14.7. The smallest absolute Gasteiger partial charge is 0.164 e. The van der Waals surface area contributed by atoms with Crippen LogP contribution in [0.25, 0.3) is 82.2 Å². The van der Waals surface area contributed by atoms with E-state index in [-0.39, 0.29) is 0 Å². The van der Waals surface area contributed by atoms with Crippen molar-refractivity contribution in [3.05, 3.63) is 158 Å². The number of rotatable bonds is 5. The van der Waals surface area contributed by atoms with Crippen LogP contribution in [0.15, 0.2) is 158 Å². The Morgan fingerprint density at radius 3 is 1.52 bits per heavy atom. The zero-order chi connectivity index (χ0) is 30.5. The molecule has 5 heteroatoms. The molecule has 0 unspecified atom stereocenters. The van der Waals surface area contributed by atoms with Crippen LogP contribution in [0.2, 0.25) is 0 Å². The summed E-state index contributed by atoms with van der Waals surface area (Å²) in [5.41, 5.74) is 8.82. The van der Waals surface area contributed by atoms with Crippen LogP contribution in [-0.2, 0) is 0 Å². The number of hydrogen-bond donors (Lipinski definition) is 0. The van der Waals surface area contributed by atoms with E-state index in [0.29, 0.717) is 17.5 Å². The van der Waals surface area contributed by atoms with Gasteiger partial charge >= 0.3 is 0 Å². The Balaban J connectivity index is 1.22. The molecule has 0 radical (unpaired) electrons. The maximum Gasteiger partial charge on any atom is 0.164 e. The van der Waals surface area contributed by atoms with Gasteiger partial charge in [0.25, 0.3) is 0 Å². The summed E-state index contributed by atoms with van der Waals surface area (Å²) in [6.45, 7) is 0. The molecule has 0 fully saturated rings. The molecule has 0 amide bonds. The summed E-state index contributed by atoms with van der Waals surface area (Å²) in [6, 6.07) is 54.9. The molecule has 0 aliphatic rings. The molecule has 4 nitrogen and oxygen atoms in total. The minimum Gasteiger partial charge on any atom is -0.307 e. The number of aromatic nitrogens is 4. The second-order valence-corrected chi connectivity index (χ2v) is 12.3. The van der Waals surface area contributed by atoms with Crippen molar-refractivity contribution in [1.82, 2.24) is 19.5 Å². The van der Waals surface area contributed by atoms with Crippen molar-refractivity contribution >= 4 is 42.5 Å². The van der Waals surface area contributed by atoms with Gasteiger partial charge in [0.05, 0.1) is 15.7 Å². The van der Waals surface area contributed by atoms with E-state index in [2.05, 4.69) is 102 Å². The van der Waals surface area contributed by atoms with Gasteiger partial charge in [0, 0.05) is 43.4 Å². The lowest BCUT2D eigenvalue weighted by molar-refractivity contribution is 1.07. The van der Waals surface area contributed by atoms with Gasteiger partial charge in [-0.2, -0.15) is 0 Å². The molecule has 0 saturated heterocycles. The highest BCUT2D eigenvalue weighted by atomic mass is 32.1. The van der Waals surface area contributed by atoms with Crippen molar-refractivity contribution in [3.63, 3.8) is 0 Å². The van der Waals surface area contributed by atoms with Crippen LogP contribution in [0.4, 0.5) is 0 Å². The fraction of sp³-hybridized carbons (Fsp3) is 0. The second-order valence-electron chi connectivity index (χ2n) is 11.3. The van der Waals surface area contributed by atoms with Crippen molar-refractivity contribution in [2.75, 3.05) is 0 Å². The van der Waals surface area contributed by atoms with Crippen molar-refractivity contribution in [1.29, 1.82) is 0 Å². The molecule has 0 saturated carbocycles. The fourth-order valence-electron chi connectivity index (χ4n) is 6.32. The number of thiophene rings is 1. The first-order valence-corrected chi connectivity index (χ1v) is 16.1. The van der Waals surface area contributed by atoms with Gasteiger partial charge in [-0.25, -0.2) is 15.0 Å². The van der Waals surface area contributed by atoms with Gasteiger partial charge < -0.3 is 4.57 Å². The molecule has 0 aliphatic carbocycles. The third-order valence-electron chi connectivity index (χ3n) is 8.47. The lowest BCUT2D eigenvalue weighted by Crippen LogP contribution is -2.00. The molecule has 46 heavy (non-hydrogen) atoms. The number of para-hydroxylation sites is 2. The number of benzene rings is 6.